The molecule has 1 atom stereocenters. The Bertz CT molecular complexity index is 2900. The van der Waals surface area contributed by atoms with Gasteiger partial charge in [0.2, 0.25) is 0 Å². The number of hydrogen-bond donors (Lipinski definition) is 0. The van der Waals surface area contributed by atoms with Crippen molar-refractivity contribution in [1.82, 2.24) is 9.55 Å². The fourth-order valence-corrected chi connectivity index (χ4v) is 9.58. The molecule has 62 heavy (non-hydrogen) atoms. The second kappa shape index (κ2) is 15.9. The topological polar surface area (TPSA) is 30.2 Å². The molecule has 0 N–H and O–H groups in total. The van der Waals surface area contributed by atoms with E-state index < -0.39 is 0 Å². The lowest BCUT2D eigenvalue weighted by atomic mass is 9.69. The van der Waals surface area contributed by atoms with Crippen LogP contribution < -0.4 is 0 Å². The average Bonchev–Trinajstić information content (AvgIpc) is 3.85. The molecule has 7 aromatic carbocycles. The van der Waals surface area contributed by atoms with Crippen molar-refractivity contribution in [3.63, 3.8) is 0 Å². The molecule has 0 saturated heterocycles. The first kappa shape index (κ1) is 41.1. The van der Waals surface area contributed by atoms with Crippen LogP contribution in [-0.2, 0) is 10.8 Å². The summed E-state index contributed by atoms with van der Waals surface area (Å²) in [6.45, 7) is 23.4. The van der Waals surface area contributed by atoms with Crippen LogP contribution in [-0.4, -0.2) is 15.3 Å². The molecule has 0 bridgehead atoms. The van der Waals surface area contributed by atoms with E-state index in [2.05, 4.69) is 232 Å². The fraction of sp³-hybridized carbons (Fsp3) is 0.254. The minimum atomic E-state index is -0.131. The van der Waals surface area contributed by atoms with Gasteiger partial charge in [0.05, 0.1) is 34.0 Å². The fourth-order valence-electron chi connectivity index (χ4n) is 9.58. The van der Waals surface area contributed by atoms with E-state index in [1.165, 1.54) is 61.3 Å². The minimum absolute atomic E-state index is 0.0563. The molecule has 1 aliphatic heterocycles. The van der Waals surface area contributed by atoms with Gasteiger partial charge in [-0.1, -0.05) is 191 Å². The van der Waals surface area contributed by atoms with Crippen LogP contribution in [0.15, 0.2) is 163 Å². The van der Waals surface area contributed by atoms with Gasteiger partial charge in [0, 0.05) is 5.56 Å². The van der Waals surface area contributed by atoms with Crippen molar-refractivity contribution in [2.24, 2.45) is 4.99 Å². The number of hydrogen-bond acceptors (Lipinski definition) is 2. The minimum Gasteiger partial charge on any atom is -0.292 e. The van der Waals surface area contributed by atoms with Crippen LogP contribution in [0.4, 0.5) is 5.69 Å². The first-order valence-corrected chi connectivity index (χ1v) is 22.4. The Kier molecular flexibility index (Phi) is 10.5. The highest BCUT2D eigenvalue weighted by Gasteiger charge is 2.38. The van der Waals surface area contributed by atoms with Gasteiger partial charge >= 0.3 is 0 Å². The van der Waals surface area contributed by atoms with Crippen molar-refractivity contribution in [3.8, 4) is 39.3 Å². The lowest BCUT2D eigenvalue weighted by molar-refractivity contribution is 0.556. The highest BCUT2D eigenvalue weighted by atomic mass is 15.1. The number of para-hydroxylation sites is 3. The van der Waals surface area contributed by atoms with Gasteiger partial charge in [-0.15, -0.1) is 0 Å². The SMILES string of the molecule is CC(C)c1cc(-c2ccccc2)cc(C(C)C)c1-n1c(-c2cccc(C3=Nc4ccccc4C3c3c(C(C)(C)C)cc(-c4ccccc4)cc3C(C)(C)C)c2)nc2ccccc21. The number of fused-ring (bicyclic) bond motifs is 2. The van der Waals surface area contributed by atoms with Crippen molar-refractivity contribution in [1.29, 1.82) is 0 Å². The van der Waals surface area contributed by atoms with E-state index in [9.17, 15) is 0 Å². The van der Waals surface area contributed by atoms with E-state index in [-0.39, 0.29) is 28.6 Å². The Labute approximate surface area is 369 Å². The maximum atomic E-state index is 5.57. The molecular formula is C59H59N3. The van der Waals surface area contributed by atoms with Gasteiger partial charge in [0.15, 0.2) is 0 Å². The van der Waals surface area contributed by atoms with Crippen LogP contribution in [0.5, 0.6) is 0 Å². The van der Waals surface area contributed by atoms with E-state index in [1.807, 2.05) is 0 Å². The zero-order valence-corrected chi connectivity index (χ0v) is 38.1. The summed E-state index contributed by atoms with van der Waals surface area (Å²) >= 11 is 0. The average molecular weight is 810 g/mol. The third kappa shape index (κ3) is 7.42. The van der Waals surface area contributed by atoms with Crippen LogP contribution >= 0.6 is 0 Å². The first-order chi connectivity index (χ1) is 29.7. The summed E-state index contributed by atoms with van der Waals surface area (Å²) in [5, 5.41) is 0. The molecule has 0 spiro atoms. The first-order valence-electron chi connectivity index (χ1n) is 22.4. The van der Waals surface area contributed by atoms with Crippen LogP contribution in [0, 0.1) is 0 Å². The van der Waals surface area contributed by atoms with Crippen LogP contribution in [0.3, 0.4) is 0 Å². The van der Waals surface area contributed by atoms with E-state index in [1.54, 1.807) is 0 Å². The zero-order chi connectivity index (χ0) is 43.5. The molecule has 0 aliphatic carbocycles. The van der Waals surface area contributed by atoms with Gasteiger partial charge < -0.3 is 0 Å². The van der Waals surface area contributed by atoms with Gasteiger partial charge in [-0.05, 0) is 120 Å². The largest absolute Gasteiger partial charge is 0.292 e. The highest BCUT2D eigenvalue weighted by Crippen LogP contribution is 2.50. The van der Waals surface area contributed by atoms with E-state index in [4.69, 9.17) is 9.98 Å². The molecule has 1 unspecified atom stereocenters. The molecule has 9 rings (SSSR count). The van der Waals surface area contributed by atoms with Crippen molar-refractivity contribution >= 4 is 22.4 Å². The van der Waals surface area contributed by atoms with E-state index in [0.717, 1.165) is 39.4 Å². The predicted molar refractivity (Wildman–Crippen MR) is 264 cm³/mol. The maximum absolute atomic E-state index is 5.57. The Balaban J connectivity index is 1.27. The van der Waals surface area contributed by atoms with Crippen LogP contribution in [0.25, 0.3) is 50.4 Å². The van der Waals surface area contributed by atoms with E-state index >= 15 is 0 Å². The number of imidazole rings is 1. The summed E-state index contributed by atoms with van der Waals surface area (Å²) < 4.78 is 2.45. The molecule has 2 heterocycles. The van der Waals surface area contributed by atoms with Crippen molar-refractivity contribution in [3.05, 3.63) is 197 Å². The van der Waals surface area contributed by atoms with Gasteiger partial charge in [-0.2, -0.15) is 0 Å². The van der Waals surface area contributed by atoms with Crippen molar-refractivity contribution < 1.29 is 0 Å². The summed E-state index contributed by atoms with van der Waals surface area (Å²) in [5.74, 6) is 1.44. The molecule has 310 valence electrons. The molecule has 8 aromatic rings. The molecule has 1 aliphatic rings. The van der Waals surface area contributed by atoms with Gasteiger partial charge in [0.1, 0.15) is 5.82 Å². The molecule has 0 amide bonds. The van der Waals surface area contributed by atoms with Crippen molar-refractivity contribution in [2.75, 3.05) is 0 Å². The number of benzene rings is 7. The van der Waals surface area contributed by atoms with Gasteiger partial charge in [-0.3, -0.25) is 9.56 Å². The summed E-state index contributed by atoms with van der Waals surface area (Å²) in [4.78, 5) is 11.0. The highest BCUT2D eigenvalue weighted by molar-refractivity contribution is 6.12. The van der Waals surface area contributed by atoms with Crippen molar-refractivity contribution in [2.45, 2.75) is 97.8 Å². The molecule has 0 radical (unpaired) electrons. The monoisotopic (exact) mass is 809 g/mol. The summed E-state index contributed by atoms with van der Waals surface area (Å²) in [7, 11) is 0. The Morgan fingerprint density at radius 1 is 0.484 bits per heavy atom. The number of aliphatic imine (C=N–C) groups is 1. The Morgan fingerprint density at radius 3 is 1.56 bits per heavy atom. The predicted octanol–water partition coefficient (Wildman–Crippen LogP) is 16.1. The smallest absolute Gasteiger partial charge is 0.145 e. The zero-order valence-electron chi connectivity index (χ0n) is 38.1. The third-order valence-electron chi connectivity index (χ3n) is 12.7. The summed E-state index contributed by atoms with van der Waals surface area (Å²) in [5.41, 5.74) is 20.3. The second-order valence-corrected chi connectivity index (χ2v) is 19.9. The number of aromatic nitrogens is 2. The molecule has 0 fully saturated rings. The Morgan fingerprint density at radius 2 is 0.984 bits per heavy atom. The Hall–Kier alpha value is -6.32. The van der Waals surface area contributed by atoms with Crippen LogP contribution in [0.2, 0.25) is 0 Å². The quantitative estimate of drug-likeness (QED) is 0.150. The lowest BCUT2D eigenvalue weighted by Crippen LogP contribution is -2.26. The maximum Gasteiger partial charge on any atom is 0.145 e. The third-order valence-corrected chi connectivity index (χ3v) is 12.7. The number of rotatable bonds is 8. The molecule has 1 aromatic heterocycles. The van der Waals surface area contributed by atoms with E-state index in [0.29, 0.717) is 0 Å². The normalized spacial score (nSPS) is 14.2. The molecular weight excluding hydrogens is 751 g/mol. The molecule has 3 heteroatoms. The lowest BCUT2D eigenvalue weighted by Gasteiger charge is -2.34. The summed E-state index contributed by atoms with van der Waals surface area (Å²) in [6, 6.07) is 57.8. The standard InChI is InChI=1S/C59H59N3/c1-37(2)46-33-43(39-22-13-11-14-23-39)34-47(38(3)4)56(46)62-52-31-20-19-30-51(52)61-57(62)42-27-21-26-41(32-42)55-53(45-28-17-18-29-50(45)60-55)54-48(58(5,6)7)35-44(36-49(54)59(8,9)10)40-24-15-12-16-25-40/h11-38,53H,1-10H3. The van der Waals surface area contributed by atoms with Crippen LogP contribution in [0.1, 0.15) is 126 Å². The molecule has 3 nitrogen and oxygen atoms in total. The summed E-state index contributed by atoms with van der Waals surface area (Å²) in [6.07, 6.45) is 0. The molecule has 0 saturated carbocycles. The van der Waals surface area contributed by atoms with Gasteiger partial charge in [0.25, 0.3) is 0 Å². The number of nitrogens with zero attached hydrogens (tertiary/aromatic N) is 3. The second-order valence-electron chi connectivity index (χ2n) is 19.9. The van der Waals surface area contributed by atoms with Gasteiger partial charge in [-0.25, -0.2) is 4.98 Å².